The quantitative estimate of drug-likeness (QED) is 0.320. The van der Waals surface area contributed by atoms with E-state index in [0.29, 0.717) is 45.9 Å². The van der Waals surface area contributed by atoms with E-state index in [1.54, 1.807) is 19.2 Å². The Hall–Kier alpha value is -3.66. The molecule has 2 aromatic carbocycles. The van der Waals surface area contributed by atoms with Gasteiger partial charge in [-0.15, -0.1) is 0 Å². The summed E-state index contributed by atoms with van der Waals surface area (Å²) in [5.41, 5.74) is 1.47. The third-order valence-electron chi connectivity index (χ3n) is 10.2. The first-order chi connectivity index (χ1) is 20.5. The minimum absolute atomic E-state index is 0.0624. The highest BCUT2D eigenvalue weighted by atomic mass is 19.1. The summed E-state index contributed by atoms with van der Waals surface area (Å²) < 4.78 is 26.7. The number of fused-ring (bicyclic) bond motifs is 3. The molecule has 1 aromatic heterocycles. The number of piperazine rings is 1. The van der Waals surface area contributed by atoms with Crippen LogP contribution in [-0.2, 0) is 13.7 Å². The first-order valence-electron chi connectivity index (χ1n) is 15.3. The summed E-state index contributed by atoms with van der Waals surface area (Å²) in [5, 5.41) is 7.90. The van der Waals surface area contributed by atoms with Crippen molar-refractivity contribution in [2.75, 3.05) is 26.7 Å². The first-order valence-corrected chi connectivity index (χ1v) is 15.3. The van der Waals surface area contributed by atoms with Gasteiger partial charge in [-0.25, -0.2) is 14.4 Å². The molecule has 4 aliphatic rings. The molecule has 0 spiro atoms. The zero-order valence-electron chi connectivity index (χ0n) is 26.0. The van der Waals surface area contributed by atoms with Gasteiger partial charge < -0.3 is 25.0 Å². The second-order valence-corrected chi connectivity index (χ2v) is 13.1. The Bertz CT molecular complexity index is 1600. The number of ether oxygens (including phenoxy) is 2. The van der Waals surface area contributed by atoms with E-state index in [4.69, 9.17) is 19.5 Å². The van der Waals surface area contributed by atoms with Crippen molar-refractivity contribution < 1.29 is 13.9 Å². The number of guanidine groups is 1. The summed E-state index contributed by atoms with van der Waals surface area (Å²) in [6.45, 7) is 12.0. The average Bonchev–Trinajstić information content (AvgIpc) is 2.98. The van der Waals surface area contributed by atoms with Crippen molar-refractivity contribution >= 4 is 22.5 Å². The van der Waals surface area contributed by atoms with Gasteiger partial charge >= 0.3 is 0 Å². The van der Waals surface area contributed by atoms with Crippen LogP contribution in [0.3, 0.4) is 0 Å². The number of nitrogens with zero attached hydrogens (tertiary/aromatic N) is 4. The van der Waals surface area contributed by atoms with Gasteiger partial charge in [0.1, 0.15) is 18.2 Å². The van der Waals surface area contributed by atoms with Crippen LogP contribution in [0, 0.1) is 29.0 Å². The van der Waals surface area contributed by atoms with Crippen LogP contribution >= 0.6 is 0 Å². The lowest BCUT2D eigenvalue weighted by Gasteiger charge is -2.62. The molecule has 5 atom stereocenters. The summed E-state index contributed by atoms with van der Waals surface area (Å²) >= 11 is 0. The Kier molecular flexibility index (Phi) is 7.83. The van der Waals surface area contributed by atoms with Gasteiger partial charge in [-0.2, -0.15) is 0 Å². The van der Waals surface area contributed by atoms with E-state index in [2.05, 4.69) is 43.2 Å². The van der Waals surface area contributed by atoms with Crippen LogP contribution in [-0.4, -0.2) is 59.2 Å². The molecule has 2 heterocycles. The van der Waals surface area contributed by atoms with Gasteiger partial charge in [-0.05, 0) is 73.3 Å². The molecule has 0 unspecified atom stereocenters. The lowest BCUT2D eigenvalue weighted by atomic mass is 9.45. The molecule has 7 rings (SSSR count). The Balaban J connectivity index is 1.29. The molecule has 10 heteroatoms. The highest BCUT2D eigenvalue weighted by Gasteiger charge is 2.56. The maximum atomic E-state index is 14.5. The fraction of sp³-hybridized carbons (Fsp3) is 0.545. The Morgan fingerprint density at radius 2 is 2.02 bits per heavy atom. The lowest BCUT2D eigenvalue weighted by molar-refractivity contribution is -0.112. The molecule has 2 bridgehead atoms. The zero-order valence-corrected chi connectivity index (χ0v) is 26.0. The molecule has 4 fully saturated rings. The van der Waals surface area contributed by atoms with Crippen LogP contribution in [0.1, 0.15) is 46.4 Å². The Morgan fingerprint density at radius 1 is 1.21 bits per heavy atom. The molecule has 1 saturated heterocycles. The monoisotopic (exact) mass is 590 g/mol. The maximum Gasteiger partial charge on any atom is 0.261 e. The van der Waals surface area contributed by atoms with Crippen molar-refractivity contribution in [3.63, 3.8) is 0 Å². The number of aromatic nitrogens is 2. The number of nitrogens with one attached hydrogen (secondary N) is 2. The third kappa shape index (κ3) is 5.57. The van der Waals surface area contributed by atoms with Gasteiger partial charge in [-0.1, -0.05) is 20.8 Å². The lowest BCUT2D eigenvalue weighted by Crippen LogP contribution is -2.63. The summed E-state index contributed by atoms with van der Waals surface area (Å²) in [4.78, 5) is 25.4. The molecule has 0 amide bonds. The summed E-state index contributed by atoms with van der Waals surface area (Å²) in [6, 6.07) is 10.6. The van der Waals surface area contributed by atoms with E-state index in [9.17, 15) is 9.18 Å². The average molecular weight is 591 g/mol. The van der Waals surface area contributed by atoms with Gasteiger partial charge in [0.25, 0.3) is 5.56 Å². The second kappa shape index (κ2) is 11.4. The van der Waals surface area contributed by atoms with Crippen molar-refractivity contribution in [1.82, 2.24) is 25.1 Å². The molecule has 0 radical (unpaired) electrons. The molecular weight excluding hydrogens is 547 g/mol. The highest BCUT2D eigenvalue weighted by molar-refractivity contribution is 5.86. The number of hydrogen-bond acceptors (Lipinski definition) is 6. The fourth-order valence-electron chi connectivity index (χ4n) is 7.32. The largest absolute Gasteiger partial charge is 0.497 e. The Labute approximate surface area is 252 Å². The third-order valence-corrected chi connectivity index (χ3v) is 10.2. The van der Waals surface area contributed by atoms with E-state index in [1.165, 1.54) is 30.2 Å². The maximum absolute atomic E-state index is 14.5. The van der Waals surface area contributed by atoms with Gasteiger partial charge in [0.2, 0.25) is 0 Å². The molecule has 43 heavy (non-hydrogen) atoms. The number of benzene rings is 2. The van der Waals surface area contributed by atoms with Crippen molar-refractivity contribution in [2.45, 2.75) is 59.2 Å². The van der Waals surface area contributed by atoms with Gasteiger partial charge in [0.05, 0.1) is 23.7 Å². The highest BCUT2D eigenvalue weighted by Crippen LogP contribution is 2.61. The van der Waals surface area contributed by atoms with Crippen LogP contribution in [0.2, 0.25) is 0 Å². The summed E-state index contributed by atoms with van der Waals surface area (Å²) in [5.74, 6) is 3.21. The standard InChI is InChI=1S/C33H43FN6O3/c1-19-17-40(12-11-35-19)32(38-27-14-21-13-25(20(27)2)33(21,3)4)36-22-7-9-24-28(15-22)37-30(39(5)31(24)41)18-43-29-10-8-23(42-6)16-26(29)34/h7-10,15-16,19-21,25,27,35H,11-14,17-18H2,1-6H3,(H,36,38)/t19-,20+,21-,25-,27-/m0/s1. The summed E-state index contributed by atoms with van der Waals surface area (Å²) in [7, 11) is 3.12. The first kappa shape index (κ1) is 29.4. The number of halogens is 1. The van der Waals surface area contributed by atoms with Crippen LogP contribution < -0.4 is 25.7 Å². The van der Waals surface area contributed by atoms with Gasteiger partial charge in [0.15, 0.2) is 17.5 Å². The number of methoxy groups -OCH3 is 1. The van der Waals surface area contributed by atoms with Crippen molar-refractivity contribution in [2.24, 2.45) is 35.2 Å². The van der Waals surface area contributed by atoms with Crippen LogP contribution in [0.5, 0.6) is 11.5 Å². The number of hydrogen-bond donors (Lipinski definition) is 2. The molecule has 2 N–H and O–H groups in total. The number of aliphatic imine (C=N–C) groups is 1. The van der Waals surface area contributed by atoms with E-state index in [1.807, 2.05) is 12.1 Å². The smallest absolute Gasteiger partial charge is 0.261 e. The molecule has 3 saturated carbocycles. The SMILES string of the molecule is COc1ccc(OCc2nc3cc(N=C(N[C@H]4C[C@@H]5C[C@@H]([C@H]4C)C5(C)C)N4CCN[C@@H](C)C4)ccc3c(=O)n2C)c(F)c1. The minimum atomic E-state index is -0.544. The molecule has 3 aliphatic carbocycles. The molecule has 3 aromatic rings. The molecular formula is C33H43FN6O3. The normalized spacial score (nSPS) is 26.6. The van der Waals surface area contributed by atoms with Gasteiger partial charge in [-0.3, -0.25) is 9.36 Å². The van der Waals surface area contributed by atoms with E-state index >= 15 is 0 Å². The van der Waals surface area contributed by atoms with Crippen molar-refractivity contribution in [3.05, 3.63) is 58.4 Å². The Morgan fingerprint density at radius 3 is 2.72 bits per heavy atom. The van der Waals surface area contributed by atoms with Crippen molar-refractivity contribution in [3.8, 4) is 11.5 Å². The minimum Gasteiger partial charge on any atom is -0.497 e. The van der Waals surface area contributed by atoms with Crippen LogP contribution in [0.15, 0.2) is 46.2 Å². The van der Waals surface area contributed by atoms with E-state index < -0.39 is 5.82 Å². The van der Waals surface area contributed by atoms with Crippen molar-refractivity contribution in [1.29, 1.82) is 0 Å². The summed E-state index contributed by atoms with van der Waals surface area (Å²) in [6.07, 6.45) is 2.48. The van der Waals surface area contributed by atoms with E-state index in [0.717, 1.165) is 49.5 Å². The van der Waals surface area contributed by atoms with Crippen LogP contribution in [0.4, 0.5) is 10.1 Å². The van der Waals surface area contributed by atoms with E-state index in [-0.39, 0.29) is 17.9 Å². The zero-order chi connectivity index (χ0) is 30.5. The fourth-order valence-corrected chi connectivity index (χ4v) is 7.32. The van der Waals surface area contributed by atoms with Gasteiger partial charge in [0, 0.05) is 44.8 Å². The molecule has 230 valence electrons. The predicted octanol–water partition coefficient (Wildman–Crippen LogP) is 4.60. The molecule has 9 nitrogen and oxygen atoms in total. The molecule has 1 aliphatic heterocycles. The topological polar surface area (TPSA) is 93.0 Å². The predicted molar refractivity (Wildman–Crippen MR) is 166 cm³/mol. The van der Waals surface area contributed by atoms with Crippen LogP contribution in [0.25, 0.3) is 10.9 Å². The second-order valence-electron chi connectivity index (χ2n) is 13.1. The number of rotatable bonds is 6.